The lowest BCUT2D eigenvalue weighted by Gasteiger charge is -2.09. The summed E-state index contributed by atoms with van der Waals surface area (Å²) in [5.41, 5.74) is 3.43. The van der Waals surface area contributed by atoms with Crippen molar-refractivity contribution in [2.45, 2.75) is 6.92 Å². The minimum atomic E-state index is -0.822. The van der Waals surface area contributed by atoms with Crippen molar-refractivity contribution in [3.63, 3.8) is 0 Å². The Morgan fingerprint density at radius 3 is 2.80 bits per heavy atom. The fourth-order valence-electron chi connectivity index (χ4n) is 1.13. The molecule has 2 aromatic rings. The van der Waals surface area contributed by atoms with Gasteiger partial charge in [0.1, 0.15) is 11.4 Å². The van der Waals surface area contributed by atoms with E-state index in [4.69, 9.17) is 5.41 Å². The van der Waals surface area contributed by atoms with Crippen LogP contribution in [0.3, 0.4) is 0 Å². The van der Waals surface area contributed by atoms with Gasteiger partial charge in [-0.3, -0.25) is 4.98 Å². The van der Waals surface area contributed by atoms with Gasteiger partial charge in [-0.05, 0) is 6.92 Å². The third-order valence-corrected chi connectivity index (χ3v) is 2.45. The van der Waals surface area contributed by atoms with Crippen LogP contribution in [0.25, 0.3) is 11.4 Å². The zero-order valence-corrected chi connectivity index (χ0v) is 8.71. The van der Waals surface area contributed by atoms with E-state index in [0.717, 1.165) is 0 Å². The van der Waals surface area contributed by atoms with E-state index in [2.05, 4.69) is 15.0 Å². The molecule has 15 heavy (non-hydrogen) atoms. The largest absolute Gasteiger partial charge is 0.858 e. The summed E-state index contributed by atoms with van der Waals surface area (Å²) in [5, 5.41) is 19.8. The highest BCUT2D eigenvalue weighted by molar-refractivity contribution is 7.07. The molecule has 0 aromatic carbocycles. The molecule has 0 amide bonds. The minimum absolute atomic E-state index is 0.0838. The molecule has 0 fully saturated rings. The Kier molecular flexibility index (Phi) is 2.42. The van der Waals surface area contributed by atoms with Crippen LogP contribution in [0.1, 0.15) is 11.4 Å². The number of hydrogen-bond acceptors (Lipinski definition) is 6. The third kappa shape index (κ3) is 1.84. The Morgan fingerprint density at radius 2 is 2.20 bits per heavy atom. The van der Waals surface area contributed by atoms with Crippen LogP contribution < -0.4 is 5.11 Å². The van der Waals surface area contributed by atoms with Gasteiger partial charge < -0.3 is 10.5 Å². The van der Waals surface area contributed by atoms with Gasteiger partial charge in [0, 0.05) is 11.3 Å². The molecule has 0 aliphatic heterocycles. The van der Waals surface area contributed by atoms with Crippen LogP contribution in [0.4, 0.5) is 0 Å². The number of aryl methyl sites for hydroxylation is 1. The van der Waals surface area contributed by atoms with Crippen LogP contribution >= 0.6 is 11.3 Å². The molecule has 0 bridgehead atoms. The topological polar surface area (TPSA) is 85.6 Å². The van der Waals surface area contributed by atoms with Crippen molar-refractivity contribution >= 4 is 17.2 Å². The molecule has 0 unspecified atom stereocenters. The fraction of sp³-hybridized carbons (Fsp3) is 0.111. The molecule has 2 heterocycles. The van der Waals surface area contributed by atoms with Crippen molar-refractivity contribution in [3.05, 3.63) is 28.5 Å². The summed E-state index contributed by atoms with van der Waals surface area (Å²) in [4.78, 5) is 12.1. The van der Waals surface area contributed by atoms with Gasteiger partial charge in [0.2, 0.25) is 0 Å². The van der Waals surface area contributed by atoms with Crippen LogP contribution in [0, 0.1) is 12.3 Å². The Balaban J connectivity index is 2.52. The van der Waals surface area contributed by atoms with Crippen molar-refractivity contribution in [2.75, 3.05) is 0 Å². The standard InChI is InChI=1S/C9H8N4OS/c1-5-8(9(10)14)13-6(2-11-5)7-3-15-4-12-7/h2-4H,1H3,(H2,10,14)/p-1. The number of nitrogens with zero attached hydrogens (tertiary/aromatic N) is 3. The highest BCUT2D eigenvalue weighted by Gasteiger charge is 2.06. The van der Waals surface area contributed by atoms with E-state index in [-0.39, 0.29) is 5.69 Å². The van der Waals surface area contributed by atoms with Crippen LogP contribution in [0.15, 0.2) is 17.1 Å². The number of rotatable bonds is 2. The van der Waals surface area contributed by atoms with Gasteiger partial charge >= 0.3 is 0 Å². The quantitative estimate of drug-likeness (QED) is 0.591. The summed E-state index contributed by atoms with van der Waals surface area (Å²) in [7, 11) is 0. The van der Waals surface area contributed by atoms with Crippen LogP contribution in [0.2, 0.25) is 0 Å². The van der Waals surface area contributed by atoms with Crippen molar-refractivity contribution in [1.82, 2.24) is 15.0 Å². The maximum absolute atomic E-state index is 10.9. The van der Waals surface area contributed by atoms with Crippen molar-refractivity contribution < 1.29 is 5.11 Å². The second-order valence-corrected chi connectivity index (χ2v) is 3.61. The molecule has 0 aliphatic rings. The van der Waals surface area contributed by atoms with E-state index in [9.17, 15) is 5.11 Å². The minimum Gasteiger partial charge on any atom is -0.858 e. The summed E-state index contributed by atoms with van der Waals surface area (Å²) in [6, 6.07) is 0. The molecule has 1 N–H and O–H groups in total. The number of thiazole rings is 1. The first-order valence-corrected chi connectivity index (χ1v) is 5.11. The average molecular weight is 219 g/mol. The van der Waals surface area contributed by atoms with Crippen molar-refractivity contribution in [1.29, 1.82) is 5.41 Å². The molecular weight excluding hydrogens is 212 g/mol. The van der Waals surface area contributed by atoms with Gasteiger partial charge in [-0.2, -0.15) is 0 Å². The first-order chi connectivity index (χ1) is 7.18. The normalized spacial score (nSPS) is 10.2. The molecule has 0 radical (unpaired) electrons. The maximum atomic E-state index is 10.9. The Hall–Kier alpha value is -1.82. The summed E-state index contributed by atoms with van der Waals surface area (Å²) >= 11 is 1.44. The SMILES string of the molecule is Cc1ncc(-c2cscn2)nc1C(=N)[O-]. The molecule has 0 saturated heterocycles. The molecule has 0 spiro atoms. The van der Waals surface area contributed by atoms with E-state index in [1.54, 1.807) is 18.6 Å². The zero-order chi connectivity index (χ0) is 10.8. The molecule has 0 saturated carbocycles. The predicted octanol–water partition coefficient (Wildman–Crippen LogP) is 0.594. The van der Waals surface area contributed by atoms with E-state index in [1.807, 2.05) is 5.38 Å². The second-order valence-electron chi connectivity index (χ2n) is 2.89. The summed E-state index contributed by atoms with van der Waals surface area (Å²) in [6.45, 7) is 1.65. The highest BCUT2D eigenvalue weighted by atomic mass is 32.1. The van der Waals surface area contributed by atoms with Gasteiger partial charge in [-0.15, -0.1) is 11.3 Å². The summed E-state index contributed by atoms with van der Waals surface area (Å²) < 4.78 is 0. The first kappa shape index (κ1) is 9.72. The van der Waals surface area contributed by atoms with Crippen molar-refractivity contribution in [2.24, 2.45) is 0 Å². The zero-order valence-electron chi connectivity index (χ0n) is 7.89. The number of aromatic nitrogens is 3. The Labute approximate surface area is 90.0 Å². The lowest BCUT2D eigenvalue weighted by Crippen LogP contribution is -2.20. The molecule has 2 rings (SSSR count). The Bertz CT molecular complexity index is 495. The van der Waals surface area contributed by atoms with Gasteiger partial charge in [-0.25, -0.2) is 9.97 Å². The fourth-order valence-corrected chi connectivity index (χ4v) is 1.67. The van der Waals surface area contributed by atoms with Crippen LogP contribution in [0.5, 0.6) is 0 Å². The van der Waals surface area contributed by atoms with Crippen LogP contribution in [-0.4, -0.2) is 20.8 Å². The smallest absolute Gasteiger partial charge is 0.109 e. The predicted molar refractivity (Wildman–Crippen MR) is 54.7 cm³/mol. The van der Waals surface area contributed by atoms with Gasteiger partial charge in [0.25, 0.3) is 0 Å². The molecular formula is C9H7N4OS-. The average Bonchev–Trinajstić information content (AvgIpc) is 2.71. The highest BCUT2D eigenvalue weighted by Crippen LogP contribution is 2.16. The molecule has 6 heteroatoms. The second kappa shape index (κ2) is 3.74. The number of nitrogens with one attached hydrogen (secondary N) is 1. The van der Waals surface area contributed by atoms with E-state index in [0.29, 0.717) is 17.1 Å². The maximum Gasteiger partial charge on any atom is 0.109 e. The first-order valence-electron chi connectivity index (χ1n) is 4.16. The van der Waals surface area contributed by atoms with Gasteiger partial charge in [0.05, 0.1) is 23.1 Å². The van der Waals surface area contributed by atoms with E-state index in [1.165, 1.54) is 11.3 Å². The number of hydrogen-bond donors (Lipinski definition) is 1. The molecule has 0 aliphatic carbocycles. The van der Waals surface area contributed by atoms with Crippen molar-refractivity contribution in [3.8, 4) is 11.4 Å². The summed E-state index contributed by atoms with van der Waals surface area (Å²) in [6.07, 6.45) is 1.55. The summed E-state index contributed by atoms with van der Waals surface area (Å²) in [5.74, 6) is -0.822. The van der Waals surface area contributed by atoms with E-state index >= 15 is 0 Å². The molecule has 0 atom stereocenters. The Morgan fingerprint density at radius 1 is 1.40 bits per heavy atom. The third-order valence-electron chi connectivity index (χ3n) is 1.87. The van der Waals surface area contributed by atoms with E-state index < -0.39 is 5.90 Å². The lowest BCUT2D eigenvalue weighted by atomic mass is 10.3. The van der Waals surface area contributed by atoms with Gasteiger partial charge in [0.15, 0.2) is 0 Å². The van der Waals surface area contributed by atoms with Gasteiger partial charge in [-0.1, -0.05) is 0 Å². The molecule has 2 aromatic heterocycles. The molecule has 76 valence electrons. The lowest BCUT2D eigenvalue weighted by molar-refractivity contribution is -0.215. The monoisotopic (exact) mass is 219 g/mol. The molecule has 5 nitrogen and oxygen atoms in total. The van der Waals surface area contributed by atoms with Crippen LogP contribution in [-0.2, 0) is 0 Å².